The summed E-state index contributed by atoms with van der Waals surface area (Å²) in [7, 11) is 0. The van der Waals surface area contributed by atoms with Gasteiger partial charge in [0, 0.05) is 22.9 Å². The van der Waals surface area contributed by atoms with Crippen LogP contribution in [0.25, 0.3) is 11.4 Å². The molecule has 1 N–H and O–H groups in total. The highest BCUT2D eigenvalue weighted by Crippen LogP contribution is 2.23. The summed E-state index contributed by atoms with van der Waals surface area (Å²) in [6.45, 7) is 0. The fourth-order valence-corrected chi connectivity index (χ4v) is 3.27. The number of nitrogens with zero attached hydrogens (tertiary/aromatic N) is 2. The van der Waals surface area contributed by atoms with Crippen LogP contribution in [0.1, 0.15) is 11.3 Å². The minimum atomic E-state index is -0.00896. The van der Waals surface area contributed by atoms with E-state index in [2.05, 4.69) is 15.3 Å². The van der Waals surface area contributed by atoms with Crippen molar-refractivity contribution < 1.29 is 4.79 Å². The van der Waals surface area contributed by atoms with Crippen LogP contribution in [-0.4, -0.2) is 15.9 Å². The van der Waals surface area contributed by atoms with Crippen LogP contribution >= 0.6 is 22.7 Å². The average molecular weight is 315 g/mol. The summed E-state index contributed by atoms with van der Waals surface area (Å²) in [6.07, 6.45) is 2.97. The van der Waals surface area contributed by atoms with Gasteiger partial charge in [-0.05, 0) is 30.0 Å². The summed E-state index contributed by atoms with van der Waals surface area (Å²) in [5.74, 6) is -0.00896. The van der Waals surface area contributed by atoms with E-state index in [4.69, 9.17) is 0 Å². The number of thiazole rings is 1. The number of carbonyl (C=O) groups excluding carboxylic acids is 1. The van der Waals surface area contributed by atoms with E-state index in [0.29, 0.717) is 11.6 Å². The normalized spacial score (nSPS) is 10.5. The van der Waals surface area contributed by atoms with Gasteiger partial charge in [0.25, 0.3) is 0 Å². The molecule has 106 valence electrons. The Hall–Kier alpha value is -2.05. The van der Waals surface area contributed by atoms with E-state index < -0.39 is 0 Å². The van der Waals surface area contributed by atoms with E-state index in [-0.39, 0.29) is 5.91 Å². The number of pyridine rings is 1. The monoisotopic (exact) mass is 315 g/mol. The molecule has 0 radical (unpaired) electrons. The van der Waals surface area contributed by atoms with Crippen LogP contribution in [0.5, 0.6) is 0 Å². The standard InChI is InChI=1S/C15H13N3OS2/c19-14(7-6-11-4-3-9-20-11)18-15-17-13(10-21-15)12-5-1-2-8-16-12/h1-5,8-10H,6-7H2,(H,17,18,19). The Morgan fingerprint density at radius 1 is 1.14 bits per heavy atom. The van der Waals surface area contributed by atoms with Crippen molar-refractivity contribution in [1.82, 2.24) is 9.97 Å². The Bertz CT molecular complexity index is 708. The number of aromatic nitrogens is 2. The van der Waals surface area contributed by atoms with Crippen molar-refractivity contribution in [2.45, 2.75) is 12.8 Å². The third kappa shape index (κ3) is 3.74. The maximum absolute atomic E-state index is 11.9. The minimum absolute atomic E-state index is 0.00896. The van der Waals surface area contributed by atoms with Crippen LogP contribution in [0.3, 0.4) is 0 Å². The molecule has 0 atom stereocenters. The molecule has 0 aliphatic heterocycles. The lowest BCUT2D eigenvalue weighted by Gasteiger charge is -2.00. The molecule has 0 unspecified atom stereocenters. The molecule has 6 heteroatoms. The van der Waals surface area contributed by atoms with Crippen LogP contribution in [0.2, 0.25) is 0 Å². The first-order chi connectivity index (χ1) is 10.3. The zero-order valence-corrected chi connectivity index (χ0v) is 12.8. The zero-order chi connectivity index (χ0) is 14.5. The second kappa shape index (κ2) is 6.60. The highest BCUT2D eigenvalue weighted by atomic mass is 32.1. The van der Waals surface area contributed by atoms with Crippen LogP contribution in [0.4, 0.5) is 5.13 Å². The van der Waals surface area contributed by atoms with Crippen LogP contribution in [0, 0.1) is 0 Å². The molecule has 0 fully saturated rings. The van der Waals surface area contributed by atoms with Gasteiger partial charge in [-0.3, -0.25) is 9.78 Å². The van der Waals surface area contributed by atoms with E-state index in [0.717, 1.165) is 17.8 Å². The van der Waals surface area contributed by atoms with Crippen molar-refractivity contribution in [3.8, 4) is 11.4 Å². The van der Waals surface area contributed by atoms with Crippen molar-refractivity contribution in [3.05, 3.63) is 52.2 Å². The smallest absolute Gasteiger partial charge is 0.226 e. The summed E-state index contributed by atoms with van der Waals surface area (Å²) in [5, 5.41) is 7.38. The van der Waals surface area contributed by atoms with Crippen molar-refractivity contribution >= 4 is 33.7 Å². The summed E-state index contributed by atoms with van der Waals surface area (Å²) in [6, 6.07) is 9.72. The molecule has 0 aromatic carbocycles. The molecule has 21 heavy (non-hydrogen) atoms. The fourth-order valence-electron chi connectivity index (χ4n) is 1.84. The first kappa shape index (κ1) is 13.9. The molecule has 3 aromatic rings. The van der Waals surface area contributed by atoms with Gasteiger partial charge in [0.1, 0.15) is 5.69 Å². The first-order valence-electron chi connectivity index (χ1n) is 6.50. The number of nitrogens with one attached hydrogen (secondary N) is 1. The summed E-state index contributed by atoms with van der Waals surface area (Å²) < 4.78 is 0. The Morgan fingerprint density at radius 2 is 2.10 bits per heavy atom. The highest BCUT2D eigenvalue weighted by Gasteiger charge is 2.09. The Balaban J connectivity index is 1.58. The Labute approximate surface area is 130 Å². The molecular weight excluding hydrogens is 302 g/mol. The topological polar surface area (TPSA) is 54.9 Å². The number of carbonyl (C=O) groups is 1. The van der Waals surface area contributed by atoms with Gasteiger partial charge >= 0.3 is 0 Å². The maximum atomic E-state index is 11.9. The van der Waals surface area contributed by atoms with E-state index in [1.807, 2.05) is 41.1 Å². The zero-order valence-electron chi connectivity index (χ0n) is 11.2. The van der Waals surface area contributed by atoms with E-state index in [9.17, 15) is 4.79 Å². The third-order valence-corrected chi connectivity index (χ3v) is 4.55. The Morgan fingerprint density at radius 3 is 2.86 bits per heavy atom. The van der Waals surface area contributed by atoms with Gasteiger partial charge in [-0.2, -0.15) is 0 Å². The van der Waals surface area contributed by atoms with Gasteiger partial charge in [-0.15, -0.1) is 22.7 Å². The molecular formula is C15H13N3OS2. The molecule has 3 rings (SSSR count). The largest absolute Gasteiger partial charge is 0.302 e. The first-order valence-corrected chi connectivity index (χ1v) is 8.26. The molecule has 1 amide bonds. The number of amides is 1. The van der Waals surface area contributed by atoms with Crippen molar-refractivity contribution in [2.24, 2.45) is 0 Å². The predicted octanol–water partition coefficient (Wildman–Crippen LogP) is 3.84. The van der Waals surface area contributed by atoms with Gasteiger partial charge in [0.15, 0.2) is 5.13 Å². The molecule has 0 aliphatic rings. The molecule has 3 aromatic heterocycles. The van der Waals surface area contributed by atoms with Gasteiger partial charge in [-0.25, -0.2) is 4.98 Å². The molecule has 0 saturated heterocycles. The highest BCUT2D eigenvalue weighted by molar-refractivity contribution is 7.14. The molecule has 0 aliphatic carbocycles. The molecule has 0 saturated carbocycles. The van der Waals surface area contributed by atoms with Crippen LogP contribution in [-0.2, 0) is 11.2 Å². The fraction of sp³-hybridized carbons (Fsp3) is 0.133. The lowest BCUT2D eigenvalue weighted by molar-refractivity contribution is -0.116. The van der Waals surface area contributed by atoms with Crippen molar-refractivity contribution in [2.75, 3.05) is 5.32 Å². The SMILES string of the molecule is O=C(CCc1cccs1)Nc1nc(-c2ccccn2)cs1. The quantitative estimate of drug-likeness (QED) is 0.778. The second-order valence-electron chi connectivity index (χ2n) is 4.38. The van der Waals surface area contributed by atoms with Crippen LogP contribution in [0.15, 0.2) is 47.3 Å². The molecule has 3 heterocycles. The molecule has 0 spiro atoms. The Kier molecular flexibility index (Phi) is 4.37. The van der Waals surface area contributed by atoms with Crippen molar-refractivity contribution in [1.29, 1.82) is 0 Å². The minimum Gasteiger partial charge on any atom is -0.302 e. The molecule has 0 bridgehead atoms. The average Bonchev–Trinajstić information content (AvgIpc) is 3.17. The van der Waals surface area contributed by atoms with Gasteiger partial charge in [-0.1, -0.05) is 12.1 Å². The number of anilines is 1. The number of aryl methyl sites for hydroxylation is 1. The predicted molar refractivity (Wildman–Crippen MR) is 86.6 cm³/mol. The van der Waals surface area contributed by atoms with Crippen molar-refractivity contribution in [3.63, 3.8) is 0 Å². The van der Waals surface area contributed by atoms with E-state index in [1.165, 1.54) is 16.2 Å². The third-order valence-electron chi connectivity index (χ3n) is 2.86. The van der Waals surface area contributed by atoms with Gasteiger partial charge in [0.2, 0.25) is 5.91 Å². The summed E-state index contributed by atoms with van der Waals surface area (Å²) >= 11 is 3.09. The number of hydrogen-bond acceptors (Lipinski definition) is 5. The number of hydrogen-bond donors (Lipinski definition) is 1. The second-order valence-corrected chi connectivity index (χ2v) is 6.27. The van der Waals surface area contributed by atoms with Gasteiger partial charge < -0.3 is 5.32 Å². The number of thiophene rings is 1. The summed E-state index contributed by atoms with van der Waals surface area (Å²) in [5.41, 5.74) is 1.60. The molecule has 4 nitrogen and oxygen atoms in total. The lowest BCUT2D eigenvalue weighted by atomic mass is 10.2. The van der Waals surface area contributed by atoms with Crippen LogP contribution < -0.4 is 5.32 Å². The number of rotatable bonds is 5. The van der Waals surface area contributed by atoms with E-state index >= 15 is 0 Å². The van der Waals surface area contributed by atoms with Gasteiger partial charge in [0.05, 0.1) is 5.69 Å². The summed E-state index contributed by atoms with van der Waals surface area (Å²) in [4.78, 5) is 21.8. The maximum Gasteiger partial charge on any atom is 0.226 e. The van der Waals surface area contributed by atoms with E-state index in [1.54, 1.807) is 17.5 Å². The lowest BCUT2D eigenvalue weighted by Crippen LogP contribution is -2.11.